The molecule has 0 radical (unpaired) electrons. The maximum absolute atomic E-state index is 12.0. The van der Waals surface area contributed by atoms with Gasteiger partial charge in [0.15, 0.2) is 0 Å². The zero-order valence-corrected chi connectivity index (χ0v) is 14.3. The fraction of sp³-hybridized carbons (Fsp3) is 0.312. The molecule has 0 atom stereocenters. The van der Waals surface area contributed by atoms with Gasteiger partial charge in [0.1, 0.15) is 17.8 Å². The number of benzene rings is 1. The molecule has 9 heteroatoms. The Hall–Kier alpha value is -2.52. The van der Waals surface area contributed by atoms with Crippen molar-refractivity contribution in [3.05, 3.63) is 47.9 Å². The van der Waals surface area contributed by atoms with Gasteiger partial charge in [-0.15, -0.1) is 0 Å². The van der Waals surface area contributed by atoms with E-state index in [-0.39, 0.29) is 16.8 Å². The number of sulfonamides is 1. The summed E-state index contributed by atoms with van der Waals surface area (Å²) in [6.07, 6.45) is 4.06. The molecule has 1 aromatic carbocycles. The number of amides is 1. The monoisotopic (exact) mass is 361 g/mol. The first-order chi connectivity index (χ1) is 11.9. The Bertz CT molecular complexity index is 864. The molecule has 4 N–H and O–H groups in total. The van der Waals surface area contributed by atoms with Gasteiger partial charge in [-0.1, -0.05) is 12.1 Å². The molecule has 25 heavy (non-hydrogen) atoms. The molecule has 1 aliphatic carbocycles. The van der Waals surface area contributed by atoms with Crippen molar-refractivity contribution in [1.82, 2.24) is 15.3 Å². The van der Waals surface area contributed by atoms with Gasteiger partial charge < -0.3 is 10.6 Å². The van der Waals surface area contributed by atoms with E-state index >= 15 is 0 Å². The lowest BCUT2D eigenvalue weighted by Gasteiger charge is -2.08. The van der Waals surface area contributed by atoms with Crippen LogP contribution >= 0.6 is 0 Å². The van der Waals surface area contributed by atoms with Crippen LogP contribution in [-0.2, 0) is 16.4 Å². The second kappa shape index (κ2) is 7.16. The number of nitrogens with zero attached hydrogens (tertiary/aromatic N) is 2. The summed E-state index contributed by atoms with van der Waals surface area (Å²) in [6, 6.07) is 8.29. The summed E-state index contributed by atoms with van der Waals surface area (Å²) >= 11 is 0. The van der Waals surface area contributed by atoms with Crippen LogP contribution in [0.15, 0.2) is 41.6 Å². The van der Waals surface area contributed by atoms with Crippen LogP contribution in [0.3, 0.4) is 0 Å². The fourth-order valence-corrected chi connectivity index (χ4v) is 2.76. The first-order valence-corrected chi connectivity index (χ1v) is 9.45. The zero-order chi connectivity index (χ0) is 17.9. The van der Waals surface area contributed by atoms with Crippen molar-refractivity contribution >= 4 is 21.7 Å². The van der Waals surface area contributed by atoms with E-state index in [2.05, 4.69) is 20.6 Å². The van der Waals surface area contributed by atoms with E-state index < -0.39 is 10.0 Å². The zero-order valence-electron chi connectivity index (χ0n) is 13.5. The first kappa shape index (κ1) is 17.3. The summed E-state index contributed by atoms with van der Waals surface area (Å²) in [5.41, 5.74) is 1.29. The summed E-state index contributed by atoms with van der Waals surface area (Å²) in [5, 5.41) is 11.1. The maximum Gasteiger partial charge on any atom is 0.270 e. The van der Waals surface area contributed by atoms with E-state index in [4.69, 9.17) is 5.14 Å². The van der Waals surface area contributed by atoms with Crippen molar-refractivity contribution in [3.8, 4) is 0 Å². The predicted molar refractivity (Wildman–Crippen MR) is 92.5 cm³/mol. The van der Waals surface area contributed by atoms with Crippen molar-refractivity contribution in [2.45, 2.75) is 30.2 Å². The van der Waals surface area contributed by atoms with Gasteiger partial charge in [-0.2, -0.15) is 0 Å². The van der Waals surface area contributed by atoms with E-state index in [1.54, 1.807) is 18.2 Å². The standard InChI is InChI=1S/C16H19N5O3S/c17-25(23,24)13-5-1-11(2-6-13)7-8-18-15-9-14(19-10-20-15)16(22)21-12-3-4-12/h1-2,5-6,9-10,12H,3-4,7-8H2,(H,21,22)(H2,17,23,24)(H,18,19,20). The fourth-order valence-electron chi connectivity index (χ4n) is 2.25. The van der Waals surface area contributed by atoms with E-state index in [9.17, 15) is 13.2 Å². The third-order valence-electron chi connectivity index (χ3n) is 3.78. The number of hydrogen-bond acceptors (Lipinski definition) is 6. The van der Waals surface area contributed by atoms with Gasteiger partial charge in [-0.25, -0.2) is 23.5 Å². The van der Waals surface area contributed by atoms with E-state index in [0.717, 1.165) is 18.4 Å². The Labute approximate surface area is 145 Å². The Morgan fingerprint density at radius 1 is 1.20 bits per heavy atom. The topological polar surface area (TPSA) is 127 Å². The molecule has 2 aromatic rings. The van der Waals surface area contributed by atoms with E-state index in [0.29, 0.717) is 24.5 Å². The van der Waals surface area contributed by atoms with Crippen molar-refractivity contribution in [2.24, 2.45) is 5.14 Å². The predicted octanol–water partition coefficient (Wildman–Crippen LogP) is 0.671. The quantitative estimate of drug-likeness (QED) is 0.665. The molecule has 0 aliphatic heterocycles. The summed E-state index contributed by atoms with van der Waals surface area (Å²) < 4.78 is 22.4. The highest BCUT2D eigenvalue weighted by Crippen LogP contribution is 2.19. The van der Waals surface area contributed by atoms with Crippen LogP contribution in [0.5, 0.6) is 0 Å². The number of primary sulfonamides is 1. The Morgan fingerprint density at radius 2 is 1.92 bits per heavy atom. The molecule has 0 spiro atoms. The number of nitrogens with two attached hydrogens (primary N) is 1. The highest BCUT2D eigenvalue weighted by atomic mass is 32.2. The molecule has 1 heterocycles. The molecule has 8 nitrogen and oxygen atoms in total. The number of rotatable bonds is 7. The first-order valence-electron chi connectivity index (χ1n) is 7.90. The van der Waals surface area contributed by atoms with E-state index in [1.807, 2.05) is 0 Å². The molecule has 1 saturated carbocycles. The molecule has 1 aliphatic rings. The van der Waals surface area contributed by atoms with Crippen LogP contribution in [0, 0.1) is 0 Å². The smallest absolute Gasteiger partial charge is 0.270 e. The minimum absolute atomic E-state index is 0.0892. The van der Waals surface area contributed by atoms with Gasteiger partial charge in [0.2, 0.25) is 10.0 Å². The third-order valence-corrected chi connectivity index (χ3v) is 4.71. The van der Waals surface area contributed by atoms with Gasteiger partial charge in [-0.3, -0.25) is 4.79 Å². The Morgan fingerprint density at radius 3 is 2.56 bits per heavy atom. The SMILES string of the molecule is NS(=O)(=O)c1ccc(CCNc2cc(C(=O)NC3CC3)ncn2)cc1. The number of aromatic nitrogens is 2. The van der Waals surface area contributed by atoms with Crippen molar-refractivity contribution in [1.29, 1.82) is 0 Å². The minimum Gasteiger partial charge on any atom is -0.370 e. The average molecular weight is 361 g/mol. The highest BCUT2D eigenvalue weighted by Gasteiger charge is 2.24. The second-order valence-corrected chi connectivity index (χ2v) is 7.46. The molecule has 0 bridgehead atoms. The molecule has 0 saturated heterocycles. The van der Waals surface area contributed by atoms with Crippen LogP contribution < -0.4 is 15.8 Å². The van der Waals surface area contributed by atoms with Crippen LogP contribution in [0.1, 0.15) is 28.9 Å². The average Bonchev–Trinajstić information content (AvgIpc) is 3.39. The van der Waals surface area contributed by atoms with Gasteiger partial charge >= 0.3 is 0 Å². The van der Waals surface area contributed by atoms with Crippen molar-refractivity contribution in [3.63, 3.8) is 0 Å². The Kier molecular flexibility index (Phi) is 4.95. The van der Waals surface area contributed by atoms with E-state index in [1.165, 1.54) is 18.5 Å². The van der Waals surface area contributed by atoms with Crippen molar-refractivity contribution in [2.75, 3.05) is 11.9 Å². The summed E-state index contributed by atoms with van der Waals surface area (Å²) in [6.45, 7) is 0.579. The van der Waals surface area contributed by atoms with Crippen LogP contribution in [0.4, 0.5) is 5.82 Å². The van der Waals surface area contributed by atoms with Crippen LogP contribution in [0.25, 0.3) is 0 Å². The number of hydrogen-bond donors (Lipinski definition) is 3. The molecular formula is C16H19N5O3S. The van der Waals surface area contributed by atoms with Crippen molar-refractivity contribution < 1.29 is 13.2 Å². The summed E-state index contributed by atoms with van der Waals surface area (Å²) in [5.74, 6) is 0.378. The lowest BCUT2D eigenvalue weighted by atomic mass is 10.1. The van der Waals surface area contributed by atoms with Gasteiger partial charge in [0.25, 0.3) is 5.91 Å². The lowest BCUT2D eigenvalue weighted by molar-refractivity contribution is 0.0946. The molecule has 1 aromatic heterocycles. The summed E-state index contributed by atoms with van der Waals surface area (Å²) in [4.78, 5) is 20.1. The largest absolute Gasteiger partial charge is 0.370 e. The lowest BCUT2D eigenvalue weighted by Crippen LogP contribution is -2.26. The summed E-state index contributed by atoms with van der Waals surface area (Å²) in [7, 11) is -3.67. The maximum atomic E-state index is 12.0. The Balaban J connectivity index is 1.54. The number of anilines is 1. The molecule has 1 amide bonds. The molecule has 0 unspecified atom stereocenters. The second-order valence-electron chi connectivity index (χ2n) is 5.90. The van der Waals surface area contributed by atoms with Crippen LogP contribution in [-0.4, -0.2) is 36.9 Å². The number of carbonyl (C=O) groups excluding carboxylic acids is 1. The molecule has 1 fully saturated rings. The van der Waals surface area contributed by atoms with Gasteiger partial charge in [-0.05, 0) is 37.0 Å². The number of carbonyl (C=O) groups is 1. The minimum atomic E-state index is -3.67. The highest BCUT2D eigenvalue weighted by molar-refractivity contribution is 7.89. The third kappa shape index (κ3) is 4.97. The normalized spacial score (nSPS) is 14.1. The van der Waals surface area contributed by atoms with Crippen LogP contribution in [0.2, 0.25) is 0 Å². The molecule has 132 valence electrons. The molecular weight excluding hydrogens is 342 g/mol. The van der Waals surface area contributed by atoms with Gasteiger partial charge in [0.05, 0.1) is 4.90 Å². The number of nitrogens with one attached hydrogen (secondary N) is 2. The van der Waals surface area contributed by atoms with Gasteiger partial charge in [0, 0.05) is 18.7 Å². The molecule has 3 rings (SSSR count).